The Balaban J connectivity index is 2.12. The van der Waals surface area contributed by atoms with E-state index in [-0.39, 0.29) is 22.7 Å². The van der Waals surface area contributed by atoms with Crippen molar-refractivity contribution in [1.29, 1.82) is 0 Å². The van der Waals surface area contributed by atoms with Gasteiger partial charge in [0, 0.05) is 10.9 Å². The molecule has 1 aliphatic heterocycles. The number of imide groups is 1. The molecule has 3 nitrogen and oxygen atoms in total. The molecule has 1 atom stereocenters. The zero-order chi connectivity index (χ0) is 17.4. The summed E-state index contributed by atoms with van der Waals surface area (Å²) in [6, 6.07) is 8.49. The van der Waals surface area contributed by atoms with Crippen LogP contribution in [-0.2, 0) is 5.88 Å². The molecule has 0 fully saturated rings. The van der Waals surface area contributed by atoms with Crippen LogP contribution in [0, 0.1) is 5.82 Å². The zero-order valence-electron chi connectivity index (χ0n) is 12.9. The number of rotatable bonds is 4. The van der Waals surface area contributed by atoms with Gasteiger partial charge < -0.3 is 0 Å². The first kappa shape index (κ1) is 16.9. The molecule has 1 aliphatic rings. The van der Waals surface area contributed by atoms with Gasteiger partial charge in [-0.05, 0) is 41.8 Å². The molecule has 1 unspecified atom stereocenters. The van der Waals surface area contributed by atoms with Crippen LogP contribution in [0.4, 0.5) is 4.39 Å². The minimum absolute atomic E-state index is 0.0636. The topological polar surface area (TPSA) is 37.4 Å². The Kier molecular flexibility index (Phi) is 4.61. The molecule has 3 rings (SSSR count). The van der Waals surface area contributed by atoms with Gasteiger partial charge in [-0.15, -0.1) is 11.6 Å². The summed E-state index contributed by atoms with van der Waals surface area (Å²) >= 11 is 12.1. The van der Waals surface area contributed by atoms with E-state index < -0.39 is 11.9 Å². The van der Waals surface area contributed by atoms with E-state index >= 15 is 0 Å². The summed E-state index contributed by atoms with van der Waals surface area (Å²) in [4.78, 5) is 26.6. The van der Waals surface area contributed by atoms with Crippen LogP contribution in [0.15, 0.2) is 36.4 Å². The van der Waals surface area contributed by atoms with E-state index in [4.69, 9.17) is 23.2 Å². The highest BCUT2D eigenvalue weighted by molar-refractivity contribution is 6.32. The third kappa shape index (κ3) is 2.60. The van der Waals surface area contributed by atoms with E-state index in [2.05, 4.69) is 0 Å². The fraction of sp³-hybridized carbons (Fsp3) is 0.222. The molecule has 6 heteroatoms. The molecule has 0 saturated heterocycles. The largest absolute Gasteiger partial charge is 0.269 e. The first-order valence-electron chi connectivity index (χ1n) is 7.50. The number of hydrogen-bond donors (Lipinski definition) is 0. The van der Waals surface area contributed by atoms with Gasteiger partial charge >= 0.3 is 0 Å². The molecule has 0 saturated carbocycles. The number of carbonyl (C=O) groups excluding carboxylic acids is 2. The van der Waals surface area contributed by atoms with Crippen molar-refractivity contribution in [3.8, 4) is 0 Å². The fourth-order valence-electron chi connectivity index (χ4n) is 3.09. The van der Waals surface area contributed by atoms with E-state index in [0.717, 1.165) is 0 Å². The first-order valence-corrected chi connectivity index (χ1v) is 8.41. The minimum Gasteiger partial charge on any atom is -0.269 e. The molecule has 0 radical (unpaired) electrons. The van der Waals surface area contributed by atoms with Crippen LogP contribution in [0.3, 0.4) is 0 Å². The highest BCUT2D eigenvalue weighted by atomic mass is 35.5. The number of fused-ring (bicyclic) bond motifs is 1. The summed E-state index contributed by atoms with van der Waals surface area (Å²) in [5.41, 5.74) is 1.71. The van der Waals surface area contributed by atoms with Crippen molar-refractivity contribution in [2.75, 3.05) is 0 Å². The van der Waals surface area contributed by atoms with Gasteiger partial charge in [0.2, 0.25) is 0 Å². The maximum atomic E-state index is 13.9. The average Bonchev–Trinajstić information content (AvgIpc) is 2.81. The number of amides is 2. The maximum absolute atomic E-state index is 13.9. The number of nitrogens with zero attached hydrogens (tertiary/aromatic N) is 1. The molecule has 0 spiro atoms. The fourth-order valence-corrected chi connectivity index (χ4v) is 3.74. The van der Waals surface area contributed by atoms with Crippen LogP contribution >= 0.6 is 23.2 Å². The highest BCUT2D eigenvalue weighted by Gasteiger charge is 2.40. The lowest BCUT2D eigenvalue weighted by Gasteiger charge is -2.27. The van der Waals surface area contributed by atoms with Gasteiger partial charge in [-0.25, -0.2) is 4.39 Å². The van der Waals surface area contributed by atoms with Crippen LogP contribution < -0.4 is 0 Å². The summed E-state index contributed by atoms with van der Waals surface area (Å²) < 4.78 is 13.9. The Morgan fingerprint density at radius 3 is 2.21 bits per heavy atom. The quantitative estimate of drug-likeness (QED) is 0.566. The smallest absolute Gasteiger partial charge is 0.262 e. The number of halogens is 3. The molecule has 0 aromatic heterocycles. The molecule has 0 aliphatic carbocycles. The van der Waals surface area contributed by atoms with Crippen molar-refractivity contribution in [1.82, 2.24) is 4.90 Å². The lowest BCUT2D eigenvalue weighted by Crippen LogP contribution is -2.34. The standard InChI is InChI=1S/C18H14Cl2FNO2/c1-2-16(13-7-10(21)8-15(20)14(13)9-19)22-17(23)11-5-3-4-6-12(11)18(22)24/h3-8,16H,2,9H2,1H3. The summed E-state index contributed by atoms with van der Waals surface area (Å²) in [5.74, 6) is -1.24. The molecule has 2 amide bonds. The highest BCUT2D eigenvalue weighted by Crippen LogP contribution is 2.37. The van der Waals surface area contributed by atoms with E-state index in [1.807, 2.05) is 6.92 Å². The van der Waals surface area contributed by atoms with Crippen molar-refractivity contribution in [3.05, 3.63) is 69.5 Å². The second-order valence-electron chi connectivity index (χ2n) is 5.54. The van der Waals surface area contributed by atoms with Crippen LogP contribution in [0.25, 0.3) is 0 Å². The molecule has 1 heterocycles. The summed E-state index contributed by atoms with van der Waals surface area (Å²) in [7, 11) is 0. The van der Waals surface area contributed by atoms with Gasteiger partial charge in [-0.2, -0.15) is 0 Å². The van der Waals surface area contributed by atoms with Crippen molar-refractivity contribution >= 4 is 35.0 Å². The normalized spacial score (nSPS) is 14.9. The molecule has 0 bridgehead atoms. The maximum Gasteiger partial charge on any atom is 0.262 e. The Hall–Kier alpha value is -1.91. The van der Waals surface area contributed by atoms with Gasteiger partial charge in [0.05, 0.1) is 17.2 Å². The third-order valence-corrected chi connectivity index (χ3v) is 4.82. The molecule has 2 aromatic carbocycles. The Labute approximate surface area is 149 Å². The number of benzene rings is 2. The van der Waals surface area contributed by atoms with E-state index in [9.17, 15) is 14.0 Å². The van der Waals surface area contributed by atoms with E-state index in [0.29, 0.717) is 28.7 Å². The lowest BCUT2D eigenvalue weighted by molar-refractivity contribution is 0.0577. The number of alkyl halides is 1. The Bertz CT molecular complexity index is 803. The second-order valence-corrected chi connectivity index (χ2v) is 6.21. The SMILES string of the molecule is CCC(c1cc(F)cc(Cl)c1CCl)N1C(=O)c2ccccc2C1=O. The van der Waals surface area contributed by atoms with Crippen molar-refractivity contribution < 1.29 is 14.0 Å². The third-order valence-electron chi connectivity index (χ3n) is 4.21. The van der Waals surface area contributed by atoms with Crippen LogP contribution in [0.2, 0.25) is 5.02 Å². The van der Waals surface area contributed by atoms with Gasteiger partial charge in [-0.1, -0.05) is 30.7 Å². The Morgan fingerprint density at radius 2 is 1.71 bits per heavy atom. The van der Waals surface area contributed by atoms with Crippen LogP contribution in [-0.4, -0.2) is 16.7 Å². The van der Waals surface area contributed by atoms with E-state index in [1.165, 1.54) is 17.0 Å². The summed E-state index contributed by atoms with van der Waals surface area (Å²) in [5, 5.41) is 0.190. The predicted octanol–water partition coefficient (Wildman–Crippen LogP) is 4.97. The van der Waals surface area contributed by atoms with Gasteiger partial charge in [0.25, 0.3) is 11.8 Å². The Morgan fingerprint density at radius 1 is 1.12 bits per heavy atom. The van der Waals surface area contributed by atoms with Crippen molar-refractivity contribution in [2.45, 2.75) is 25.3 Å². The molecule has 0 N–H and O–H groups in total. The van der Waals surface area contributed by atoms with Crippen molar-refractivity contribution in [3.63, 3.8) is 0 Å². The molecular formula is C18H14Cl2FNO2. The summed E-state index contributed by atoms with van der Waals surface area (Å²) in [6.07, 6.45) is 0.426. The zero-order valence-corrected chi connectivity index (χ0v) is 14.4. The van der Waals surface area contributed by atoms with Gasteiger partial charge in [0.15, 0.2) is 0 Å². The van der Waals surface area contributed by atoms with Crippen LogP contribution in [0.1, 0.15) is 51.2 Å². The average molecular weight is 366 g/mol. The molecule has 124 valence electrons. The summed E-state index contributed by atoms with van der Waals surface area (Å²) in [6.45, 7) is 1.82. The van der Waals surface area contributed by atoms with Gasteiger partial charge in [-0.3, -0.25) is 14.5 Å². The predicted molar refractivity (Wildman–Crippen MR) is 90.9 cm³/mol. The molecule has 2 aromatic rings. The van der Waals surface area contributed by atoms with Gasteiger partial charge in [0.1, 0.15) is 5.82 Å². The molecule has 24 heavy (non-hydrogen) atoms. The lowest BCUT2D eigenvalue weighted by atomic mass is 9.97. The minimum atomic E-state index is -0.626. The van der Waals surface area contributed by atoms with E-state index in [1.54, 1.807) is 24.3 Å². The van der Waals surface area contributed by atoms with Crippen LogP contribution in [0.5, 0.6) is 0 Å². The monoisotopic (exact) mass is 365 g/mol. The van der Waals surface area contributed by atoms with Crippen molar-refractivity contribution in [2.24, 2.45) is 0 Å². The number of hydrogen-bond acceptors (Lipinski definition) is 2. The molecular weight excluding hydrogens is 352 g/mol. The first-order chi connectivity index (χ1) is 11.5. The number of carbonyl (C=O) groups is 2. The second kappa shape index (κ2) is 6.54.